The van der Waals surface area contributed by atoms with Crippen LogP contribution in [-0.2, 0) is 6.42 Å². The maximum atomic E-state index is 11.7. The van der Waals surface area contributed by atoms with Crippen LogP contribution in [0.2, 0.25) is 0 Å². The van der Waals surface area contributed by atoms with Gasteiger partial charge in [-0.1, -0.05) is 18.2 Å². The number of amides is 1. The Bertz CT molecular complexity index is 760. The number of H-pyrrole nitrogens is 1. The molecule has 22 heavy (non-hydrogen) atoms. The number of benzene rings is 1. The van der Waals surface area contributed by atoms with Gasteiger partial charge in [0.1, 0.15) is 5.75 Å². The van der Waals surface area contributed by atoms with E-state index in [9.17, 15) is 14.7 Å². The molecule has 0 spiro atoms. The van der Waals surface area contributed by atoms with Gasteiger partial charge in [0, 0.05) is 11.6 Å². The van der Waals surface area contributed by atoms with E-state index in [2.05, 4.69) is 27.3 Å². The van der Waals surface area contributed by atoms with Gasteiger partial charge in [-0.3, -0.25) is 9.59 Å². The van der Waals surface area contributed by atoms with Crippen molar-refractivity contribution in [2.75, 3.05) is 0 Å². The second kappa shape index (κ2) is 6.98. The number of phenolic OH excluding ortho intramolecular Hbond substituents is 1. The summed E-state index contributed by atoms with van der Waals surface area (Å²) in [5.74, 6) is -0.489. The highest BCUT2D eigenvalue weighted by Gasteiger charge is 2.06. The Morgan fingerprint density at radius 3 is 2.91 bits per heavy atom. The molecule has 0 aliphatic rings. The van der Waals surface area contributed by atoms with E-state index >= 15 is 0 Å². The van der Waals surface area contributed by atoms with Crippen LogP contribution in [0.4, 0.5) is 0 Å². The maximum Gasteiger partial charge on any atom is 0.291 e. The second-order valence-electron chi connectivity index (χ2n) is 4.35. The van der Waals surface area contributed by atoms with Crippen molar-refractivity contribution in [3.8, 4) is 5.75 Å². The third-order valence-electron chi connectivity index (χ3n) is 2.80. The van der Waals surface area contributed by atoms with Crippen LogP contribution in [0.3, 0.4) is 0 Å². The topological polar surface area (TPSA) is 107 Å². The molecule has 1 aromatic carbocycles. The predicted octanol–water partition coefficient (Wildman–Crippen LogP) is 0.968. The number of aromatic nitrogens is 2. The highest BCUT2D eigenvalue weighted by molar-refractivity contribution is 5.93. The summed E-state index contributed by atoms with van der Waals surface area (Å²) in [6, 6.07) is 7.68. The molecule has 0 aliphatic carbocycles. The lowest BCUT2D eigenvalue weighted by Crippen LogP contribution is -2.21. The summed E-state index contributed by atoms with van der Waals surface area (Å²) >= 11 is 0. The smallest absolute Gasteiger partial charge is 0.291 e. The molecule has 0 atom stereocenters. The van der Waals surface area contributed by atoms with E-state index < -0.39 is 11.5 Å². The molecule has 1 amide bonds. The van der Waals surface area contributed by atoms with Gasteiger partial charge >= 0.3 is 0 Å². The third kappa shape index (κ3) is 3.66. The minimum Gasteiger partial charge on any atom is -0.507 e. The fraction of sp³-hybridized carbons (Fsp3) is 0.0667. The van der Waals surface area contributed by atoms with E-state index in [1.165, 1.54) is 18.3 Å². The van der Waals surface area contributed by atoms with Crippen molar-refractivity contribution in [1.82, 2.24) is 15.6 Å². The highest BCUT2D eigenvalue weighted by Crippen LogP contribution is 2.21. The number of para-hydroxylation sites is 1. The average Bonchev–Trinajstić information content (AvgIpc) is 2.51. The summed E-state index contributed by atoms with van der Waals surface area (Å²) < 4.78 is 0. The SMILES string of the molecule is C=CCc1cccc(/C=N/NC(=O)c2ccc(=O)[nH]n2)c1O. The molecule has 112 valence electrons. The fourth-order valence-electron chi connectivity index (χ4n) is 1.72. The molecule has 3 N–H and O–H groups in total. The lowest BCUT2D eigenvalue weighted by atomic mass is 10.1. The molecule has 0 saturated heterocycles. The largest absolute Gasteiger partial charge is 0.507 e. The van der Waals surface area contributed by atoms with Gasteiger partial charge in [-0.05, 0) is 24.1 Å². The molecule has 0 saturated carbocycles. The first-order valence-electron chi connectivity index (χ1n) is 6.42. The molecule has 0 fully saturated rings. The van der Waals surface area contributed by atoms with Crippen LogP contribution >= 0.6 is 0 Å². The van der Waals surface area contributed by atoms with Crippen molar-refractivity contribution in [1.29, 1.82) is 0 Å². The van der Waals surface area contributed by atoms with E-state index in [-0.39, 0.29) is 11.4 Å². The van der Waals surface area contributed by atoms with Crippen molar-refractivity contribution in [2.45, 2.75) is 6.42 Å². The van der Waals surface area contributed by atoms with Crippen molar-refractivity contribution in [3.63, 3.8) is 0 Å². The zero-order chi connectivity index (χ0) is 15.9. The Labute approximate surface area is 126 Å². The molecule has 1 heterocycles. The summed E-state index contributed by atoms with van der Waals surface area (Å²) in [6.45, 7) is 3.62. The van der Waals surface area contributed by atoms with Gasteiger partial charge in [0.2, 0.25) is 0 Å². The molecule has 0 aliphatic heterocycles. The number of allylic oxidation sites excluding steroid dienone is 1. The Morgan fingerprint density at radius 2 is 2.23 bits per heavy atom. The Hall–Kier alpha value is -3.22. The Morgan fingerprint density at radius 1 is 1.41 bits per heavy atom. The van der Waals surface area contributed by atoms with Gasteiger partial charge in [0.25, 0.3) is 11.5 Å². The summed E-state index contributed by atoms with van der Waals surface area (Å²) in [7, 11) is 0. The molecular weight excluding hydrogens is 284 g/mol. The van der Waals surface area contributed by atoms with Crippen LogP contribution in [0.5, 0.6) is 5.75 Å². The number of carbonyl (C=O) groups excluding carboxylic acids is 1. The standard InChI is InChI=1S/C15H14N4O3/c1-2-4-10-5-3-6-11(14(10)21)9-16-19-15(22)12-7-8-13(20)18-17-12/h2-3,5-9,21H,1,4H2,(H,18,20)(H,19,22)/b16-9+. The lowest BCUT2D eigenvalue weighted by Gasteiger charge is -2.04. The van der Waals surface area contributed by atoms with E-state index in [1.54, 1.807) is 24.3 Å². The number of hydrogen-bond donors (Lipinski definition) is 3. The number of nitrogens with one attached hydrogen (secondary N) is 2. The lowest BCUT2D eigenvalue weighted by molar-refractivity contribution is 0.0949. The number of carbonyl (C=O) groups is 1. The van der Waals surface area contributed by atoms with Crippen molar-refractivity contribution in [2.24, 2.45) is 5.10 Å². The number of phenols is 1. The molecule has 2 aromatic rings. The fourth-order valence-corrected chi connectivity index (χ4v) is 1.72. The van der Waals surface area contributed by atoms with Crippen LogP contribution in [0.25, 0.3) is 0 Å². The van der Waals surface area contributed by atoms with Crippen molar-refractivity contribution >= 4 is 12.1 Å². The number of hydrogen-bond acceptors (Lipinski definition) is 5. The van der Waals surface area contributed by atoms with Crippen LogP contribution in [0.1, 0.15) is 21.6 Å². The predicted molar refractivity (Wildman–Crippen MR) is 81.9 cm³/mol. The van der Waals surface area contributed by atoms with Gasteiger partial charge in [-0.2, -0.15) is 10.2 Å². The third-order valence-corrected chi connectivity index (χ3v) is 2.80. The Balaban J connectivity index is 2.08. The van der Waals surface area contributed by atoms with Crippen molar-refractivity contribution < 1.29 is 9.90 Å². The minimum absolute atomic E-state index is 0.0291. The first-order chi connectivity index (χ1) is 10.6. The van der Waals surface area contributed by atoms with Gasteiger partial charge in [0.15, 0.2) is 5.69 Å². The summed E-state index contributed by atoms with van der Waals surface area (Å²) in [5.41, 5.74) is 3.07. The molecule has 0 unspecified atom stereocenters. The quantitative estimate of drug-likeness (QED) is 0.434. The van der Waals surface area contributed by atoms with E-state index in [0.717, 1.165) is 0 Å². The number of hydrazone groups is 1. The van der Waals surface area contributed by atoms with Crippen molar-refractivity contribution in [3.05, 3.63) is 70.2 Å². The van der Waals surface area contributed by atoms with Crippen LogP contribution in [0.15, 0.2) is 52.9 Å². The zero-order valence-corrected chi connectivity index (χ0v) is 11.6. The van der Waals surface area contributed by atoms with E-state index in [4.69, 9.17) is 0 Å². The van der Waals surface area contributed by atoms with Gasteiger partial charge in [-0.15, -0.1) is 6.58 Å². The van der Waals surface area contributed by atoms with E-state index in [1.807, 2.05) is 0 Å². The molecule has 7 heteroatoms. The van der Waals surface area contributed by atoms with E-state index in [0.29, 0.717) is 17.5 Å². The number of aromatic amines is 1. The molecule has 2 rings (SSSR count). The normalized spacial score (nSPS) is 10.5. The summed E-state index contributed by atoms with van der Waals surface area (Å²) in [4.78, 5) is 22.6. The number of rotatable bonds is 5. The number of nitrogens with zero attached hydrogens (tertiary/aromatic N) is 2. The van der Waals surface area contributed by atoms with Gasteiger partial charge in [0.05, 0.1) is 6.21 Å². The molecule has 1 aromatic heterocycles. The first kappa shape index (κ1) is 15.2. The van der Waals surface area contributed by atoms with Gasteiger partial charge < -0.3 is 5.11 Å². The van der Waals surface area contributed by atoms with Crippen LogP contribution in [-0.4, -0.2) is 27.4 Å². The molecule has 0 radical (unpaired) electrons. The minimum atomic E-state index is -0.575. The monoisotopic (exact) mass is 298 g/mol. The van der Waals surface area contributed by atoms with Gasteiger partial charge in [-0.25, -0.2) is 10.5 Å². The molecule has 7 nitrogen and oxygen atoms in total. The Kier molecular flexibility index (Phi) is 4.81. The first-order valence-corrected chi connectivity index (χ1v) is 6.42. The number of aromatic hydroxyl groups is 1. The molecular formula is C15H14N4O3. The maximum absolute atomic E-state index is 11.7. The molecule has 0 bridgehead atoms. The average molecular weight is 298 g/mol. The van der Waals surface area contributed by atoms with Crippen LogP contribution < -0.4 is 11.0 Å². The second-order valence-corrected chi connectivity index (χ2v) is 4.35. The van der Waals surface area contributed by atoms with Crippen LogP contribution in [0, 0.1) is 0 Å². The summed E-state index contributed by atoms with van der Waals surface area (Å²) in [6.07, 6.45) is 3.53. The highest BCUT2D eigenvalue weighted by atomic mass is 16.3. The summed E-state index contributed by atoms with van der Waals surface area (Å²) in [5, 5.41) is 19.5. The zero-order valence-electron chi connectivity index (χ0n) is 11.6.